The lowest BCUT2D eigenvalue weighted by molar-refractivity contribution is -0.131. The quantitative estimate of drug-likeness (QED) is 0.325. The van der Waals surface area contributed by atoms with E-state index in [1.807, 2.05) is 4.90 Å². The summed E-state index contributed by atoms with van der Waals surface area (Å²) in [4.78, 5) is 48.0. The Balaban J connectivity index is 1.30. The van der Waals surface area contributed by atoms with Crippen molar-refractivity contribution in [2.24, 2.45) is 5.92 Å². The number of aliphatic hydroxyl groups excluding tert-OH is 1. The first-order valence-electron chi connectivity index (χ1n) is 11.4. The van der Waals surface area contributed by atoms with E-state index in [9.17, 15) is 23.9 Å². The van der Waals surface area contributed by atoms with Crippen LogP contribution in [0, 0.1) is 11.7 Å². The number of carbonyl (C=O) groups is 3. The molecule has 0 spiro atoms. The molecule has 10 heteroatoms. The molecule has 0 saturated carbocycles. The number of fused-ring (bicyclic) bond motifs is 2. The summed E-state index contributed by atoms with van der Waals surface area (Å²) in [5, 5.41) is 13.6. The van der Waals surface area contributed by atoms with Crippen LogP contribution in [0.5, 0.6) is 0 Å². The van der Waals surface area contributed by atoms with Gasteiger partial charge in [-0.25, -0.2) is 9.37 Å². The highest BCUT2D eigenvalue weighted by Gasteiger charge is 2.56. The smallest absolute Gasteiger partial charge is 0.225 e. The van der Waals surface area contributed by atoms with E-state index in [-0.39, 0.29) is 47.1 Å². The summed E-state index contributed by atoms with van der Waals surface area (Å²) in [7, 11) is 0. The molecule has 1 amide bonds. The van der Waals surface area contributed by atoms with Crippen molar-refractivity contribution in [3.63, 3.8) is 0 Å². The zero-order chi connectivity index (χ0) is 24.9. The van der Waals surface area contributed by atoms with Crippen LogP contribution < -0.4 is 5.32 Å². The van der Waals surface area contributed by atoms with Crippen molar-refractivity contribution >= 4 is 40.1 Å². The number of hydrogen-bond donors (Lipinski definition) is 3. The summed E-state index contributed by atoms with van der Waals surface area (Å²) in [5.74, 6) is -2.03. The van der Waals surface area contributed by atoms with E-state index in [1.54, 1.807) is 18.3 Å². The van der Waals surface area contributed by atoms with Crippen LogP contribution in [0.4, 0.5) is 4.39 Å². The fraction of sp³-hybridized carbons (Fsp3) is 0.360. The number of carbonyl (C=O) groups excluding carboxylic acids is 3. The topological polar surface area (TPSA) is 115 Å². The van der Waals surface area contributed by atoms with Crippen molar-refractivity contribution < 1.29 is 23.9 Å². The Bertz CT molecular complexity index is 1340. The molecule has 8 nitrogen and oxygen atoms in total. The Hall–Kier alpha value is -3.14. The van der Waals surface area contributed by atoms with Gasteiger partial charge < -0.3 is 15.4 Å². The largest absolute Gasteiger partial charge is 0.386 e. The summed E-state index contributed by atoms with van der Waals surface area (Å²) in [6, 6.07) is 7.35. The minimum Gasteiger partial charge on any atom is -0.386 e. The van der Waals surface area contributed by atoms with Crippen LogP contribution in [-0.4, -0.2) is 62.6 Å². The maximum Gasteiger partial charge on any atom is 0.225 e. The Morgan fingerprint density at radius 1 is 1.31 bits per heavy atom. The molecule has 4 heterocycles. The first-order valence-corrected chi connectivity index (χ1v) is 11.8. The number of Topliss-reactive ketones (excluding diaryl/α,β-unsaturated/α-hetero) is 2. The van der Waals surface area contributed by atoms with Gasteiger partial charge in [0.25, 0.3) is 0 Å². The van der Waals surface area contributed by atoms with Crippen molar-refractivity contribution in [1.29, 1.82) is 0 Å². The lowest BCUT2D eigenvalue weighted by Gasteiger charge is -2.22. The van der Waals surface area contributed by atoms with E-state index in [0.717, 1.165) is 6.54 Å². The number of ketones is 2. The number of aromatic amines is 1. The second-order valence-corrected chi connectivity index (χ2v) is 9.53. The molecule has 2 aliphatic rings. The third kappa shape index (κ3) is 4.35. The molecule has 3 N–H and O–H groups in total. The Labute approximate surface area is 205 Å². The number of benzene rings is 1. The molecule has 0 bridgehead atoms. The number of halogens is 2. The van der Waals surface area contributed by atoms with Gasteiger partial charge in [-0.1, -0.05) is 23.7 Å². The molecule has 2 fully saturated rings. The van der Waals surface area contributed by atoms with Crippen molar-refractivity contribution in [1.82, 2.24) is 20.2 Å². The average Bonchev–Trinajstić information content (AvgIpc) is 3.32. The molecule has 3 aromatic rings. The highest BCUT2D eigenvalue weighted by atomic mass is 35.5. The van der Waals surface area contributed by atoms with Crippen molar-refractivity contribution in [3.05, 3.63) is 64.2 Å². The summed E-state index contributed by atoms with van der Waals surface area (Å²) in [5.41, 5.74) is 1.46. The van der Waals surface area contributed by atoms with Crippen LogP contribution >= 0.6 is 11.6 Å². The molecule has 1 aromatic carbocycles. The predicted molar refractivity (Wildman–Crippen MR) is 127 cm³/mol. The van der Waals surface area contributed by atoms with Crippen LogP contribution in [0.3, 0.4) is 0 Å². The third-order valence-corrected chi connectivity index (χ3v) is 7.14. The number of nitrogens with one attached hydrogen (secondary N) is 2. The van der Waals surface area contributed by atoms with E-state index >= 15 is 0 Å². The summed E-state index contributed by atoms with van der Waals surface area (Å²) < 4.78 is 14.2. The van der Waals surface area contributed by atoms with Gasteiger partial charge in [0, 0.05) is 54.0 Å². The molecule has 5 rings (SSSR count). The summed E-state index contributed by atoms with van der Waals surface area (Å²) in [6.07, 6.45) is 0.826. The van der Waals surface area contributed by atoms with Gasteiger partial charge in [-0.05, 0) is 31.5 Å². The zero-order valence-corrected chi connectivity index (χ0v) is 19.7. The van der Waals surface area contributed by atoms with Gasteiger partial charge in [-0.2, -0.15) is 0 Å². The fourth-order valence-electron chi connectivity index (χ4n) is 5.16. The van der Waals surface area contributed by atoms with E-state index in [1.165, 1.54) is 25.1 Å². The molecule has 0 radical (unpaired) electrons. The van der Waals surface area contributed by atoms with Gasteiger partial charge in [0.05, 0.1) is 23.1 Å². The van der Waals surface area contributed by atoms with Crippen molar-refractivity contribution in [2.45, 2.75) is 38.0 Å². The number of nitrogens with zero attached hydrogens (tertiary/aromatic N) is 2. The number of hydrogen-bond acceptors (Lipinski definition) is 6. The van der Waals surface area contributed by atoms with Crippen LogP contribution in [0.25, 0.3) is 11.0 Å². The molecular formula is C25H24ClFN4O4. The van der Waals surface area contributed by atoms with Crippen LogP contribution in [0.15, 0.2) is 36.5 Å². The Morgan fingerprint density at radius 3 is 2.89 bits per heavy atom. The monoisotopic (exact) mass is 498 g/mol. The number of aliphatic hydroxyl groups is 1. The van der Waals surface area contributed by atoms with Gasteiger partial charge >= 0.3 is 0 Å². The molecule has 2 saturated heterocycles. The van der Waals surface area contributed by atoms with E-state index in [0.29, 0.717) is 28.7 Å². The van der Waals surface area contributed by atoms with Gasteiger partial charge in [0.15, 0.2) is 11.6 Å². The van der Waals surface area contributed by atoms with Crippen LogP contribution in [-0.2, 0) is 16.0 Å². The minimum absolute atomic E-state index is 0.00683. The molecule has 5 atom stereocenters. The number of amides is 1. The van der Waals surface area contributed by atoms with Crippen molar-refractivity contribution in [3.8, 4) is 0 Å². The van der Waals surface area contributed by atoms with E-state index in [4.69, 9.17) is 11.6 Å². The zero-order valence-electron chi connectivity index (χ0n) is 18.9. The molecular weight excluding hydrogens is 475 g/mol. The maximum atomic E-state index is 14.2. The molecule has 182 valence electrons. The first kappa shape index (κ1) is 23.6. The van der Waals surface area contributed by atoms with Crippen LogP contribution in [0.2, 0.25) is 5.02 Å². The van der Waals surface area contributed by atoms with E-state index in [2.05, 4.69) is 15.3 Å². The second-order valence-electron chi connectivity index (χ2n) is 9.12. The van der Waals surface area contributed by atoms with Crippen LogP contribution in [0.1, 0.15) is 41.1 Å². The Kier molecular flexibility index (Phi) is 6.16. The molecule has 2 aliphatic heterocycles. The van der Waals surface area contributed by atoms with Crippen molar-refractivity contribution in [2.75, 3.05) is 13.1 Å². The minimum atomic E-state index is -1.28. The normalized spacial score (nSPS) is 23.7. The molecule has 2 unspecified atom stereocenters. The maximum absolute atomic E-state index is 14.2. The SMILES string of the molecule is CC(=O)c1c(CC(=O)C2[C@@H](C(=O)NC[C@@H](O)c3cccc(Cl)c3F)C[C@@H]3CN23)[nH]c2ncccc12. The number of pyridine rings is 1. The first-order chi connectivity index (χ1) is 16.8. The average molecular weight is 499 g/mol. The van der Waals surface area contributed by atoms with Gasteiger partial charge in [0.1, 0.15) is 11.5 Å². The summed E-state index contributed by atoms with van der Waals surface area (Å²) in [6.45, 7) is 1.98. The number of piperidine rings is 1. The number of rotatable bonds is 8. The lowest BCUT2D eigenvalue weighted by atomic mass is 9.90. The Morgan fingerprint density at radius 2 is 2.11 bits per heavy atom. The summed E-state index contributed by atoms with van der Waals surface area (Å²) >= 11 is 5.78. The van der Waals surface area contributed by atoms with Gasteiger partial charge in [-0.15, -0.1) is 0 Å². The van der Waals surface area contributed by atoms with Gasteiger partial charge in [-0.3, -0.25) is 19.3 Å². The molecule has 2 aromatic heterocycles. The highest BCUT2D eigenvalue weighted by Crippen LogP contribution is 2.41. The number of H-pyrrole nitrogens is 1. The molecule has 35 heavy (non-hydrogen) atoms. The highest BCUT2D eigenvalue weighted by molar-refractivity contribution is 6.30. The number of aromatic nitrogens is 2. The molecule has 0 aliphatic carbocycles. The second kappa shape index (κ2) is 9.14. The lowest BCUT2D eigenvalue weighted by Crippen LogP contribution is -2.44. The fourth-order valence-corrected chi connectivity index (χ4v) is 5.35. The third-order valence-electron chi connectivity index (χ3n) is 6.85. The van der Waals surface area contributed by atoms with Gasteiger partial charge in [0.2, 0.25) is 5.91 Å². The predicted octanol–water partition coefficient (Wildman–Crippen LogP) is 2.59. The standard InChI is InChI=1S/C25H24ClFN4O4/c1-12(32)21-15-5-3-7-28-24(15)30-18(21)9-19(33)23-16(8-13-11-31(13)23)25(35)29-10-20(34)14-4-2-6-17(26)22(14)27/h2-7,13,16,20,23,34H,8-11H2,1H3,(H,28,30)(H,29,35)/t13-,16+,20-,23?,31?/m1/s1. The van der Waals surface area contributed by atoms with E-state index < -0.39 is 23.9 Å².